The zero-order valence-electron chi connectivity index (χ0n) is 24.5. The van der Waals surface area contributed by atoms with Gasteiger partial charge in [0.05, 0.1) is 47.2 Å². The average Bonchev–Trinajstić information content (AvgIpc) is 3.27. The molecule has 2 fully saturated rings. The first-order chi connectivity index (χ1) is 21.4. The quantitative estimate of drug-likeness (QED) is 0.247. The highest BCUT2D eigenvalue weighted by molar-refractivity contribution is 7.92. The zero-order valence-corrected chi connectivity index (χ0v) is 25.3. The lowest BCUT2D eigenvalue weighted by Gasteiger charge is -2.34. The van der Waals surface area contributed by atoms with Gasteiger partial charge in [-0.1, -0.05) is 6.07 Å². The summed E-state index contributed by atoms with van der Waals surface area (Å²) in [5.74, 6) is -5.64. The first-order valence-corrected chi connectivity index (χ1v) is 15.5. The summed E-state index contributed by atoms with van der Waals surface area (Å²) in [7, 11) is -4.56. The third-order valence-electron chi connectivity index (χ3n) is 8.39. The van der Waals surface area contributed by atoms with Gasteiger partial charge >= 0.3 is 11.5 Å². The number of anilines is 1. The maximum absolute atomic E-state index is 14.9. The van der Waals surface area contributed by atoms with Gasteiger partial charge in [-0.2, -0.15) is 13.2 Å². The highest BCUT2D eigenvalue weighted by Crippen LogP contribution is 2.39. The van der Waals surface area contributed by atoms with E-state index < -0.39 is 79.5 Å². The molecule has 0 spiro atoms. The molecule has 2 amide bonds. The monoisotopic (exact) mass is 676 g/mol. The largest absolute Gasteiger partial charge is 0.501 e. The van der Waals surface area contributed by atoms with Crippen LogP contribution in [0.1, 0.15) is 49.4 Å². The van der Waals surface area contributed by atoms with Crippen molar-refractivity contribution in [1.29, 1.82) is 0 Å². The van der Waals surface area contributed by atoms with Gasteiger partial charge < -0.3 is 35.4 Å². The van der Waals surface area contributed by atoms with Gasteiger partial charge in [-0.05, 0) is 63.3 Å². The fourth-order valence-electron chi connectivity index (χ4n) is 5.53. The fourth-order valence-corrected chi connectivity index (χ4v) is 6.34. The molecule has 2 aromatic carbocycles. The van der Waals surface area contributed by atoms with Crippen LogP contribution in [0, 0.1) is 17.2 Å². The highest BCUT2D eigenvalue weighted by Gasteiger charge is 2.48. The molecule has 5 N–H and O–H groups in total. The molecular formula is C29H32F4N2O10S. The van der Waals surface area contributed by atoms with Crippen LogP contribution in [-0.2, 0) is 19.4 Å². The van der Waals surface area contributed by atoms with Gasteiger partial charge in [-0.3, -0.25) is 14.4 Å². The van der Waals surface area contributed by atoms with E-state index in [4.69, 9.17) is 9.47 Å². The second kappa shape index (κ2) is 13.0. The van der Waals surface area contributed by atoms with Crippen LogP contribution in [0.4, 0.5) is 23.2 Å². The van der Waals surface area contributed by atoms with Crippen molar-refractivity contribution in [2.24, 2.45) is 11.3 Å². The minimum Gasteiger partial charge on any atom is -0.496 e. The maximum Gasteiger partial charge on any atom is 0.501 e. The van der Waals surface area contributed by atoms with E-state index in [1.165, 1.54) is 0 Å². The van der Waals surface area contributed by atoms with Crippen molar-refractivity contribution in [1.82, 2.24) is 5.32 Å². The predicted octanol–water partition coefficient (Wildman–Crippen LogP) is 3.02. The van der Waals surface area contributed by atoms with Crippen LogP contribution in [0.5, 0.6) is 11.5 Å². The van der Waals surface area contributed by atoms with Crippen LogP contribution in [0.2, 0.25) is 0 Å². The normalized spacial score (nSPS) is 26.7. The number of sulfone groups is 1. The number of hydrogen-bond acceptors (Lipinski definition) is 9. The zero-order chi connectivity index (χ0) is 34.2. The number of nitrogens with one attached hydrogen (secondary N) is 2. The molecule has 0 saturated heterocycles. The Labute approximate surface area is 260 Å². The molecule has 12 nitrogen and oxygen atoms in total. The number of carboxylic acid groups (broad SMARTS) is 1. The lowest BCUT2D eigenvalue weighted by molar-refractivity contribution is -0.150. The summed E-state index contributed by atoms with van der Waals surface area (Å²) in [5, 5.41) is 35.0. The highest BCUT2D eigenvalue weighted by atomic mass is 32.2. The standard InChI is InChI=1S/C29H32F4N2O10S/c1-28(27(40)41)8-6-15(7-9-28)45-22-12-17(21(44-2)13-19(22)30)25(38)35-23-18(11-20(36)24(23)37)26(39)34-14-4-3-5-16(10-14)46(42,43)29(31,32)33/h3-5,10,12-13,15,18,20,23-24,36-37H,6-9,11H2,1-2H3,(H,34,39)(H,35,38)(H,40,41)/t15-,18-,20-,23-,24-,28+/m0/s1. The molecule has 252 valence electrons. The van der Waals surface area contributed by atoms with Gasteiger partial charge in [0.2, 0.25) is 5.91 Å². The van der Waals surface area contributed by atoms with Crippen molar-refractivity contribution in [3.63, 3.8) is 0 Å². The van der Waals surface area contributed by atoms with Gasteiger partial charge in [-0.25, -0.2) is 12.8 Å². The molecular weight excluding hydrogens is 644 g/mol. The van der Waals surface area contributed by atoms with Gasteiger partial charge in [0.1, 0.15) is 11.9 Å². The van der Waals surface area contributed by atoms with E-state index in [-0.39, 0.29) is 42.0 Å². The Morgan fingerprint density at radius 2 is 1.70 bits per heavy atom. The summed E-state index contributed by atoms with van der Waals surface area (Å²) in [6, 6.07) is 3.88. The smallest absolute Gasteiger partial charge is 0.496 e. The van der Waals surface area contributed by atoms with Crippen LogP contribution in [0.3, 0.4) is 0 Å². The Kier molecular flexibility index (Phi) is 9.89. The number of amides is 2. The number of methoxy groups -OCH3 is 1. The summed E-state index contributed by atoms with van der Waals surface area (Å²) in [6.07, 6.45) is -2.93. The molecule has 4 atom stereocenters. The Hall–Kier alpha value is -3.96. The molecule has 0 heterocycles. The van der Waals surface area contributed by atoms with Crippen LogP contribution >= 0.6 is 0 Å². The number of halogens is 4. The minimum atomic E-state index is -5.72. The van der Waals surface area contributed by atoms with Crippen molar-refractivity contribution in [3.05, 3.63) is 47.8 Å². The van der Waals surface area contributed by atoms with Crippen molar-refractivity contribution < 1.29 is 65.2 Å². The summed E-state index contributed by atoms with van der Waals surface area (Å²) in [6.45, 7) is 1.61. The first kappa shape index (κ1) is 34.9. The number of alkyl halides is 3. The number of ether oxygens (including phenoxy) is 2. The second-order valence-corrected chi connectivity index (χ2v) is 13.5. The fraction of sp³-hybridized carbons (Fsp3) is 0.483. The SMILES string of the molecule is COc1cc(F)c(O[C@H]2CC[C@@](C)(C(=O)O)CC2)cc1C(=O)N[C@@H]1[C@@H](O)[C@@H](O)C[C@@H]1C(=O)Nc1cccc(S(=O)(=O)C(F)(F)F)c1. The van der Waals surface area contributed by atoms with E-state index in [0.717, 1.165) is 31.4 Å². The van der Waals surface area contributed by atoms with E-state index >= 15 is 0 Å². The number of carbonyl (C=O) groups excluding carboxylic acids is 2. The predicted molar refractivity (Wildman–Crippen MR) is 151 cm³/mol. The number of aliphatic hydroxyl groups is 2. The lowest BCUT2D eigenvalue weighted by Crippen LogP contribution is -2.48. The van der Waals surface area contributed by atoms with Gasteiger partial charge in [-0.15, -0.1) is 0 Å². The summed E-state index contributed by atoms with van der Waals surface area (Å²) >= 11 is 0. The molecule has 0 unspecified atom stereocenters. The molecule has 2 aromatic rings. The molecule has 0 aliphatic heterocycles. The van der Waals surface area contributed by atoms with Gasteiger partial charge in [0, 0.05) is 11.8 Å². The van der Waals surface area contributed by atoms with Crippen molar-refractivity contribution in [2.75, 3.05) is 12.4 Å². The molecule has 0 bridgehead atoms. The molecule has 0 aromatic heterocycles. The third kappa shape index (κ3) is 7.05. The Balaban J connectivity index is 1.52. The number of aliphatic hydroxyl groups excluding tert-OH is 2. The van der Waals surface area contributed by atoms with Crippen LogP contribution in [0.25, 0.3) is 0 Å². The number of rotatable bonds is 9. The Morgan fingerprint density at radius 1 is 1.04 bits per heavy atom. The van der Waals surface area contributed by atoms with Gasteiger partial charge in [0.15, 0.2) is 11.6 Å². The first-order valence-electron chi connectivity index (χ1n) is 14.0. The second-order valence-electron chi connectivity index (χ2n) is 11.5. The molecule has 46 heavy (non-hydrogen) atoms. The molecule has 0 radical (unpaired) electrons. The van der Waals surface area contributed by atoms with Crippen molar-refractivity contribution in [3.8, 4) is 11.5 Å². The number of benzene rings is 2. The Morgan fingerprint density at radius 3 is 2.28 bits per heavy atom. The average molecular weight is 677 g/mol. The summed E-state index contributed by atoms with van der Waals surface area (Å²) in [4.78, 5) is 36.9. The molecule has 2 saturated carbocycles. The number of carbonyl (C=O) groups is 3. The Bertz CT molecular complexity index is 1610. The topological polar surface area (TPSA) is 189 Å². The van der Waals surface area contributed by atoms with Gasteiger partial charge in [0.25, 0.3) is 15.7 Å². The summed E-state index contributed by atoms with van der Waals surface area (Å²) in [5.41, 5.74) is -7.12. The molecule has 2 aliphatic rings. The van der Waals surface area contributed by atoms with Crippen LogP contribution in [-0.4, -0.2) is 78.5 Å². The minimum absolute atomic E-state index is 0.235. The van der Waals surface area contributed by atoms with Crippen molar-refractivity contribution in [2.45, 2.75) is 73.8 Å². The van der Waals surface area contributed by atoms with E-state index in [0.29, 0.717) is 25.0 Å². The maximum atomic E-state index is 14.9. The number of aliphatic carboxylic acids is 1. The summed E-state index contributed by atoms with van der Waals surface area (Å²) < 4.78 is 88.4. The number of hydrogen-bond donors (Lipinski definition) is 5. The van der Waals surface area contributed by atoms with E-state index in [1.807, 2.05) is 0 Å². The molecule has 4 rings (SSSR count). The molecule has 17 heteroatoms. The molecule has 2 aliphatic carbocycles. The number of carboxylic acids is 1. The van der Waals surface area contributed by atoms with Crippen molar-refractivity contribution >= 4 is 33.3 Å². The van der Waals surface area contributed by atoms with E-state index in [2.05, 4.69) is 10.6 Å². The van der Waals surface area contributed by atoms with E-state index in [1.54, 1.807) is 6.92 Å². The van der Waals surface area contributed by atoms with Crippen LogP contribution in [0.15, 0.2) is 41.3 Å². The van der Waals surface area contributed by atoms with E-state index in [9.17, 15) is 55.7 Å². The lowest BCUT2D eigenvalue weighted by atomic mass is 9.75. The third-order valence-corrected chi connectivity index (χ3v) is 9.87. The van der Waals surface area contributed by atoms with Crippen LogP contribution < -0.4 is 20.1 Å².